The summed E-state index contributed by atoms with van der Waals surface area (Å²) in [4.78, 5) is 23.1. The summed E-state index contributed by atoms with van der Waals surface area (Å²) in [5.41, 5.74) is 7.60. The van der Waals surface area contributed by atoms with Gasteiger partial charge in [0.1, 0.15) is 0 Å². The van der Waals surface area contributed by atoms with Crippen LogP contribution in [0.25, 0.3) is 0 Å². The number of nitro benzene ring substituents is 1. The van der Waals surface area contributed by atoms with Crippen LogP contribution in [0.3, 0.4) is 0 Å². The molecule has 2 rings (SSSR count). The highest BCUT2D eigenvalue weighted by molar-refractivity contribution is 7.80. The predicted molar refractivity (Wildman–Crippen MR) is 94.4 cm³/mol. The zero-order valence-corrected chi connectivity index (χ0v) is 13.9. The van der Waals surface area contributed by atoms with E-state index in [1.165, 1.54) is 12.1 Å². The Morgan fingerprint density at radius 1 is 1.17 bits per heavy atom. The zero-order chi connectivity index (χ0) is 16.1. The van der Waals surface area contributed by atoms with Gasteiger partial charge in [-0.25, -0.2) is 0 Å². The quantitative estimate of drug-likeness (QED) is 0.475. The molecule has 23 heavy (non-hydrogen) atoms. The second-order valence-electron chi connectivity index (χ2n) is 5.01. The number of carbonyl (C=O) groups excluding carboxylic acids is 1. The number of halogens is 1. The van der Waals surface area contributed by atoms with Crippen molar-refractivity contribution < 1.29 is 9.72 Å². The minimum atomic E-state index is -0.644. The van der Waals surface area contributed by atoms with Gasteiger partial charge in [-0.2, -0.15) is 0 Å². The van der Waals surface area contributed by atoms with Gasteiger partial charge >= 0.3 is 0 Å². The molecule has 0 saturated heterocycles. The number of nitrogens with zero attached hydrogens (tertiary/aromatic N) is 1. The first-order valence-corrected chi connectivity index (χ1v) is 7.20. The number of Topliss-reactive ketones (excluding diaryl/α,β-unsaturated/α-hetero) is 1. The highest BCUT2D eigenvalue weighted by Crippen LogP contribution is 2.16. The first kappa shape index (κ1) is 19.2. The van der Waals surface area contributed by atoms with E-state index in [2.05, 4.69) is 12.6 Å². The molecule has 0 amide bonds. The monoisotopic (exact) mass is 352 g/mol. The Bertz CT molecular complexity index is 692. The zero-order valence-electron chi connectivity index (χ0n) is 12.2. The molecular formula is C16H17ClN2O3S. The largest absolute Gasteiger partial charge is 0.321 e. The van der Waals surface area contributed by atoms with E-state index in [0.29, 0.717) is 6.42 Å². The molecule has 0 fully saturated rings. The van der Waals surface area contributed by atoms with Gasteiger partial charge in [-0.05, 0) is 23.6 Å². The third kappa shape index (κ3) is 5.35. The van der Waals surface area contributed by atoms with Crippen molar-refractivity contribution in [1.29, 1.82) is 0 Å². The maximum Gasteiger partial charge on any atom is 0.269 e. The fraction of sp³-hybridized carbons (Fsp3) is 0.188. The molecule has 2 aromatic rings. The van der Waals surface area contributed by atoms with Crippen molar-refractivity contribution in [1.82, 2.24) is 0 Å². The SMILES string of the molecule is Cl.N[C@@H](Cc1ccc([N+](=O)[O-])cc1)C(=O)Cc1ccccc1S. The van der Waals surface area contributed by atoms with E-state index >= 15 is 0 Å². The van der Waals surface area contributed by atoms with Crippen LogP contribution in [-0.4, -0.2) is 16.7 Å². The minimum Gasteiger partial charge on any atom is -0.321 e. The van der Waals surface area contributed by atoms with Crippen LogP contribution in [0.4, 0.5) is 5.69 Å². The molecule has 2 aromatic carbocycles. The molecule has 2 N–H and O–H groups in total. The summed E-state index contributed by atoms with van der Waals surface area (Å²) in [6.45, 7) is 0. The molecule has 0 aromatic heterocycles. The number of hydrogen-bond acceptors (Lipinski definition) is 5. The number of nitro groups is 1. The highest BCUT2D eigenvalue weighted by atomic mass is 35.5. The normalized spacial score (nSPS) is 11.4. The van der Waals surface area contributed by atoms with E-state index in [0.717, 1.165) is 16.0 Å². The number of ketones is 1. The van der Waals surface area contributed by atoms with Crippen LogP contribution in [0.15, 0.2) is 53.4 Å². The number of rotatable bonds is 6. The number of carbonyl (C=O) groups is 1. The lowest BCUT2D eigenvalue weighted by Gasteiger charge is -2.11. The second-order valence-corrected chi connectivity index (χ2v) is 5.49. The maximum atomic E-state index is 12.2. The molecule has 0 aliphatic heterocycles. The summed E-state index contributed by atoms with van der Waals surface area (Å²) in [5.74, 6) is -0.0835. The van der Waals surface area contributed by atoms with E-state index in [-0.39, 0.29) is 30.3 Å². The Morgan fingerprint density at radius 3 is 2.35 bits per heavy atom. The second kappa shape index (κ2) is 8.67. The van der Waals surface area contributed by atoms with Crippen molar-refractivity contribution in [3.05, 3.63) is 69.8 Å². The number of thiol groups is 1. The number of non-ortho nitro benzene ring substituents is 1. The summed E-state index contributed by atoms with van der Waals surface area (Å²) < 4.78 is 0. The number of nitrogens with two attached hydrogens (primary N) is 1. The van der Waals surface area contributed by atoms with Crippen molar-refractivity contribution in [2.75, 3.05) is 0 Å². The molecular weight excluding hydrogens is 336 g/mol. The Hall–Kier alpha value is -1.89. The van der Waals surface area contributed by atoms with Gasteiger partial charge < -0.3 is 5.73 Å². The Kier molecular flexibility index (Phi) is 7.22. The van der Waals surface area contributed by atoms with Gasteiger partial charge in [0, 0.05) is 23.4 Å². The van der Waals surface area contributed by atoms with Crippen molar-refractivity contribution in [3.8, 4) is 0 Å². The van der Waals surface area contributed by atoms with Gasteiger partial charge in [-0.1, -0.05) is 30.3 Å². The lowest BCUT2D eigenvalue weighted by Crippen LogP contribution is -2.34. The van der Waals surface area contributed by atoms with Gasteiger partial charge in [0.25, 0.3) is 5.69 Å². The lowest BCUT2D eigenvalue weighted by atomic mass is 9.98. The third-order valence-electron chi connectivity index (χ3n) is 3.37. The van der Waals surface area contributed by atoms with Gasteiger partial charge in [0.2, 0.25) is 0 Å². The summed E-state index contributed by atoms with van der Waals surface area (Å²) in [6, 6.07) is 12.8. The average Bonchev–Trinajstić information content (AvgIpc) is 2.50. The highest BCUT2D eigenvalue weighted by Gasteiger charge is 2.16. The standard InChI is InChI=1S/C16H16N2O3S.ClH/c17-14(9-11-5-7-13(8-6-11)18(20)21)15(19)10-12-3-1-2-4-16(12)22;/h1-8,14,22H,9-10,17H2;1H/t14-;/m0./s1. The molecule has 0 aliphatic rings. The predicted octanol–water partition coefficient (Wildman–Crippen LogP) is 2.99. The molecule has 0 aliphatic carbocycles. The Balaban J connectivity index is 0.00000264. The Morgan fingerprint density at radius 2 is 1.78 bits per heavy atom. The topological polar surface area (TPSA) is 86.2 Å². The van der Waals surface area contributed by atoms with E-state index in [4.69, 9.17) is 5.73 Å². The lowest BCUT2D eigenvalue weighted by molar-refractivity contribution is -0.384. The van der Waals surface area contributed by atoms with E-state index in [1.54, 1.807) is 12.1 Å². The Labute approximate surface area is 145 Å². The van der Waals surface area contributed by atoms with Crippen molar-refractivity contribution in [3.63, 3.8) is 0 Å². The fourth-order valence-corrected chi connectivity index (χ4v) is 2.34. The first-order valence-electron chi connectivity index (χ1n) is 6.76. The molecule has 0 spiro atoms. The van der Waals surface area contributed by atoms with Crippen LogP contribution < -0.4 is 5.73 Å². The van der Waals surface area contributed by atoms with E-state index < -0.39 is 11.0 Å². The van der Waals surface area contributed by atoms with Gasteiger partial charge in [0.05, 0.1) is 11.0 Å². The molecule has 7 heteroatoms. The summed E-state index contributed by atoms with van der Waals surface area (Å²) in [5, 5.41) is 10.6. The number of hydrogen-bond donors (Lipinski definition) is 2. The first-order chi connectivity index (χ1) is 10.5. The minimum absolute atomic E-state index is 0. The van der Waals surface area contributed by atoms with Crippen molar-refractivity contribution in [2.45, 2.75) is 23.8 Å². The molecule has 122 valence electrons. The molecule has 0 heterocycles. The van der Waals surface area contributed by atoms with Crippen LogP contribution >= 0.6 is 25.0 Å². The van der Waals surface area contributed by atoms with Crippen molar-refractivity contribution >= 4 is 36.5 Å². The van der Waals surface area contributed by atoms with Crippen molar-refractivity contribution in [2.24, 2.45) is 5.73 Å². The van der Waals surface area contributed by atoms with Gasteiger partial charge in [0.15, 0.2) is 5.78 Å². The third-order valence-corrected chi connectivity index (χ3v) is 3.81. The summed E-state index contributed by atoms with van der Waals surface area (Å²) in [7, 11) is 0. The molecule has 0 unspecified atom stereocenters. The molecule has 0 bridgehead atoms. The summed E-state index contributed by atoms with van der Waals surface area (Å²) >= 11 is 4.31. The van der Waals surface area contributed by atoms with Crippen LogP contribution in [-0.2, 0) is 17.6 Å². The van der Waals surface area contributed by atoms with Crippen LogP contribution in [0.1, 0.15) is 11.1 Å². The molecule has 1 atom stereocenters. The summed E-state index contributed by atoms with van der Waals surface area (Å²) in [6.07, 6.45) is 0.583. The van der Waals surface area contributed by atoms with E-state index in [1.807, 2.05) is 24.3 Å². The fourth-order valence-electron chi connectivity index (χ4n) is 2.10. The van der Waals surface area contributed by atoms with Gasteiger partial charge in [-0.15, -0.1) is 25.0 Å². The molecule has 0 saturated carbocycles. The van der Waals surface area contributed by atoms with Crippen LogP contribution in [0.5, 0.6) is 0 Å². The smallest absolute Gasteiger partial charge is 0.269 e. The maximum absolute atomic E-state index is 12.2. The van der Waals surface area contributed by atoms with Crippen LogP contribution in [0.2, 0.25) is 0 Å². The van der Waals surface area contributed by atoms with Gasteiger partial charge in [-0.3, -0.25) is 14.9 Å². The average molecular weight is 353 g/mol. The van der Waals surface area contributed by atoms with Crippen LogP contribution in [0, 0.1) is 10.1 Å². The molecule has 5 nitrogen and oxygen atoms in total. The molecule has 0 radical (unpaired) electrons. The van der Waals surface area contributed by atoms with E-state index in [9.17, 15) is 14.9 Å². The number of benzene rings is 2.